The lowest BCUT2D eigenvalue weighted by molar-refractivity contribution is -0.156. The Morgan fingerprint density at radius 3 is 2.54 bits per heavy atom. The van der Waals surface area contributed by atoms with Gasteiger partial charge < -0.3 is 19.7 Å². The maximum atomic E-state index is 12.6. The van der Waals surface area contributed by atoms with Gasteiger partial charge in [-0.3, -0.25) is 14.4 Å². The summed E-state index contributed by atoms with van der Waals surface area (Å²) in [4.78, 5) is 37.3. The van der Waals surface area contributed by atoms with E-state index in [4.69, 9.17) is 9.47 Å². The maximum absolute atomic E-state index is 12.6. The molecular formula is C19H24N2O5. The molecule has 140 valence electrons. The van der Waals surface area contributed by atoms with Crippen LogP contribution in [-0.2, 0) is 30.3 Å². The minimum atomic E-state index is -0.364. The highest BCUT2D eigenvalue weighted by atomic mass is 16.5. The molecule has 1 fully saturated rings. The van der Waals surface area contributed by atoms with Crippen molar-refractivity contribution < 1.29 is 23.9 Å². The van der Waals surface area contributed by atoms with Crippen LogP contribution in [0, 0.1) is 5.92 Å². The molecule has 7 nitrogen and oxygen atoms in total. The molecule has 2 unspecified atom stereocenters. The first-order valence-electron chi connectivity index (χ1n) is 8.39. The van der Waals surface area contributed by atoms with E-state index in [0.29, 0.717) is 25.2 Å². The van der Waals surface area contributed by atoms with Crippen molar-refractivity contribution in [2.45, 2.75) is 18.9 Å². The van der Waals surface area contributed by atoms with Crippen molar-refractivity contribution in [2.75, 3.05) is 32.6 Å². The van der Waals surface area contributed by atoms with Gasteiger partial charge in [-0.2, -0.15) is 0 Å². The number of ether oxygens (including phenoxy) is 2. The van der Waals surface area contributed by atoms with Crippen molar-refractivity contribution in [3.63, 3.8) is 0 Å². The highest BCUT2D eigenvalue weighted by molar-refractivity contribution is 5.98. The van der Waals surface area contributed by atoms with E-state index in [1.807, 2.05) is 0 Å². The first kappa shape index (κ1) is 19.7. The van der Waals surface area contributed by atoms with Gasteiger partial charge in [0.05, 0.1) is 25.6 Å². The predicted octanol–water partition coefficient (Wildman–Crippen LogP) is 1.39. The first-order valence-corrected chi connectivity index (χ1v) is 8.39. The number of anilines is 1. The van der Waals surface area contributed by atoms with Gasteiger partial charge >= 0.3 is 5.97 Å². The average Bonchev–Trinajstić information content (AvgIpc) is 2.68. The number of nitrogens with zero attached hydrogens (tertiary/aromatic N) is 1. The number of hydrogen-bond donors (Lipinski definition) is 1. The van der Waals surface area contributed by atoms with Crippen molar-refractivity contribution in [2.24, 2.45) is 5.92 Å². The van der Waals surface area contributed by atoms with Gasteiger partial charge in [0.2, 0.25) is 11.8 Å². The van der Waals surface area contributed by atoms with Crippen molar-refractivity contribution >= 4 is 23.5 Å². The molecule has 1 N–H and O–H groups in total. The SMILES string of the molecule is C=CC(=O)Nc1ccc(CC(=O)N2CCC(C(=O)OC)C(OC)C2)cc1. The summed E-state index contributed by atoms with van der Waals surface area (Å²) >= 11 is 0. The second-order valence-electron chi connectivity index (χ2n) is 6.10. The summed E-state index contributed by atoms with van der Waals surface area (Å²) in [6, 6.07) is 7.08. The Kier molecular flexibility index (Phi) is 6.91. The summed E-state index contributed by atoms with van der Waals surface area (Å²) in [6.45, 7) is 4.25. The van der Waals surface area contributed by atoms with E-state index in [-0.39, 0.29) is 36.2 Å². The number of esters is 1. The number of likely N-dealkylation sites (tertiary alicyclic amines) is 1. The maximum Gasteiger partial charge on any atom is 0.311 e. The van der Waals surface area contributed by atoms with Crippen LogP contribution >= 0.6 is 0 Å². The largest absolute Gasteiger partial charge is 0.469 e. The lowest BCUT2D eigenvalue weighted by Crippen LogP contribution is -2.50. The van der Waals surface area contributed by atoms with E-state index in [0.717, 1.165) is 5.56 Å². The number of rotatable bonds is 6. The molecule has 0 aromatic heterocycles. The van der Waals surface area contributed by atoms with Crippen LogP contribution in [-0.4, -0.2) is 56.1 Å². The van der Waals surface area contributed by atoms with Crippen LogP contribution in [0.2, 0.25) is 0 Å². The fourth-order valence-corrected chi connectivity index (χ4v) is 2.99. The molecule has 1 aliphatic rings. The van der Waals surface area contributed by atoms with Crippen LogP contribution in [0.4, 0.5) is 5.69 Å². The highest BCUT2D eigenvalue weighted by Gasteiger charge is 2.36. The van der Waals surface area contributed by atoms with E-state index < -0.39 is 0 Å². The first-order chi connectivity index (χ1) is 12.5. The Labute approximate surface area is 153 Å². The van der Waals surface area contributed by atoms with Gasteiger partial charge in [0.25, 0.3) is 0 Å². The molecule has 1 aromatic carbocycles. The molecule has 0 radical (unpaired) electrons. The minimum Gasteiger partial charge on any atom is -0.469 e. The molecule has 1 heterocycles. The smallest absolute Gasteiger partial charge is 0.311 e. The van der Waals surface area contributed by atoms with Crippen LogP contribution in [0.25, 0.3) is 0 Å². The van der Waals surface area contributed by atoms with Crippen LogP contribution in [0.15, 0.2) is 36.9 Å². The fraction of sp³-hybridized carbons (Fsp3) is 0.421. The second kappa shape index (κ2) is 9.15. The lowest BCUT2D eigenvalue weighted by Gasteiger charge is -2.36. The van der Waals surface area contributed by atoms with E-state index in [1.165, 1.54) is 20.3 Å². The topological polar surface area (TPSA) is 84.9 Å². The van der Waals surface area contributed by atoms with E-state index in [1.54, 1.807) is 29.2 Å². The Balaban J connectivity index is 1.94. The van der Waals surface area contributed by atoms with E-state index in [2.05, 4.69) is 11.9 Å². The van der Waals surface area contributed by atoms with Gasteiger partial charge in [-0.1, -0.05) is 18.7 Å². The summed E-state index contributed by atoms with van der Waals surface area (Å²) < 4.78 is 10.2. The third-order valence-electron chi connectivity index (χ3n) is 4.48. The van der Waals surface area contributed by atoms with Crippen molar-refractivity contribution in [3.05, 3.63) is 42.5 Å². The number of carbonyl (C=O) groups excluding carboxylic acids is 3. The number of hydrogen-bond acceptors (Lipinski definition) is 5. The van der Waals surface area contributed by atoms with Crippen LogP contribution in [0.1, 0.15) is 12.0 Å². The molecule has 1 saturated heterocycles. The van der Waals surface area contributed by atoms with Crippen molar-refractivity contribution in [3.8, 4) is 0 Å². The summed E-state index contributed by atoms with van der Waals surface area (Å²) in [5.74, 6) is -0.964. The third kappa shape index (κ3) is 4.92. The Morgan fingerprint density at radius 2 is 1.96 bits per heavy atom. The molecule has 2 rings (SSSR count). The zero-order valence-electron chi connectivity index (χ0n) is 15.1. The molecule has 2 amide bonds. The highest BCUT2D eigenvalue weighted by Crippen LogP contribution is 2.22. The second-order valence-corrected chi connectivity index (χ2v) is 6.10. The quantitative estimate of drug-likeness (QED) is 0.612. The summed E-state index contributed by atoms with van der Waals surface area (Å²) in [5, 5.41) is 2.66. The van der Waals surface area contributed by atoms with Gasteiger partial charge in [0.15, 0.2) is 0 Å². The molecule has 0 bridgehead atoms. The fourth-order valence-electron chi connectivity index (χ4n) is 2.99. The molecule has 1 aliphatic heterocycles. The summed E-state index contributed by atoms with van der Waals surface area (Å²) in [6.07, 6.45) is 1.59. The Bertz CT molecular complexity index is 671. The predicted molar refractivity (Wildman–Crippen MR) is 96.5 cm³/mol. The van der Waals surface area contributed by atoms with Crippen LogP contribution in [0.5, 0.6) is 0 Å². The standard InChI is InChI=1S/C19H24N2O5/c1-4-17(22)20-14-7-5-13(6-8-14)11-18(23)21-10-9-15(19(24)26-3)16(12-21)25-2/h4-8,15-16H,1,9-12H2,2-3H3,(H,20,22). The molecular weight excluding hydrogens is 336 g/mol. The molecule has 0 saturated carbocycles. The van der Waals surface area contributed by atoms with Gasteiger partial charge in [-0.15, -0.1) is 0 Å². The van der Waals surface area contributed by atoms with Crippen molar-refractivity contribution in [1.29, 1.82) is 0 Å². The van der Waals surface area contributed by atoms with Crippen molar-refractivity contribution in [1.82, 2.24) is 4.90 Å². The molecule has 26 heavy (non-hydrogen) atoms. The number of carbonyl (C=O) groups is 3. The molecule has 2 atom stereocenters. The third-order valence-corrected chi connectivity index (χ3v) is 4.48. The average molecular weight is 360 g/mol. The minimum absolute atomic E-state index is 0.0294. The Hall–Kier alpha value is -2.67. The van der Waals surface area contributed by atoms with E-state index >= 15 is 0 Å². The van der Waals surface area contributed by atoms with Crippen LogP contribution in [0.3, 0.4) is 0 Å². The normalized spacial score (nSPS) is 19.5. The van der Waals surface area contributed by atoms with Gasteiger partial charge in [-0.25, -0.2) is 0 Å². The number of nitrogens with one attached hydrogen (secondary N) is 1. The number of methoxy groups -OCH3 is 2. The number of piperidine rings is 1. The molecule has 7 heteroatoms. The lowest BCUT2D eigenvalue weighted by atomic mass is 9.93. The van der Waals surface area contributed by atoms with Crippen LogP contribution < -0.4 is 5.32 Å². The zero-order chi connectivity index (χ0) is 19.1. The van der Waals surface area contributed by atoms with E-state index in [9.17, 15) is 14.4 Å². The molecule has 1 aromatic rings. The number of benzene rings is 1. The zero-order valence-corrected chi connectivity index (χ0v) is 15.1. The summed E-state index contributed by atoms with van der Waals surface area (Å²) in [5.41, 5.74) is 1.49. The molecule has 0 aliphatic carbocycles. The van der Waals surface area contributed by atoms with Gasteiger partial charge in [0, 0.05) is 25.9 Å². The van der Waals surface area contributed by atoms with Gasteiger partial charge in [0.1, 0.15) is 0 Å². The number of amides is 2. The summed E-state index contributed by atoms with van der Waals surface area (Å²) in [7, 11) is 2.89. The molecule has 0 spiro atoms. The van der Waals surface area contributed by atoms with Gasteiger partial charge in [-0.05, 0) is 30.2 Å². The Morgan fingerprint density at radius 1 is 1.27 bits per heavy atom. The monoisotopic (exact) mass is 360 g/mol.